The molecule has 0 radical (unpaired) electrons. The zero-order valence-electron chi connectivity index (χ0n) is 19.9. The van der Waals surface area contributed by atoms with Gasteiger partial charge < -0.3 is 4.74 Å². The molecule has 5 rings (SSSR count). The summed E-state index contributed by atoms with van der Waals surface area (Å²) >= 11 is 2.73. The number of fused-ring (bicyclic) bond motifs is 1. The maximum Gasteiger partial charge on any atom is 0.319 e. The fourth-order valence-corrected chi connectivity index (χ4v) is 6.04. The lowest BCUT2D eigenvalue weighted by molar-refractivity contribution is -0.143. The average molecular weight is 513 g/mol. The Labute approximate surface area is 217 Å². The zero-order valence-corrected chi connectivity index (χ0v) is 21.5. The summed E-state index contributed by atoms with van der Waals surface area (Å²) in [7, 11) is 0. The number of para-hydroxylation sites is 1. The van der Waals surface area contributed by atoms with Gasteiger partial charge in [-0.3, -0.25) is 14.2 Å². The molecule has 180 valence electrons. The third-order valence-corrected chi connectivity index (χ3v) is 7.82. The van der Waals surface area contributed by atoms with Gasteiger partial charge in [-0.05, 0) is 37.1 Å². The van der Waals surface area contributed by atoms with Crippen LogP contribution in [0.25, 0.3) is 27.0 Å². The zero-order chi connectivity index (χ0) is 25.1. The summed E-state index contributed by atoms with van der Waals surface area (Å²) in [6.45, 7) is 3.99. The van der Waals surface area contributed by atoms with Crippen LogP contribution in [-0.4, -0.2) is 20.8 Å². The van der Waals surface area contributed by atoms with Gasteiger partial charge >= 0.3 is 5.97 Å². The summed E-state index contributed by atoms with van der Waals surface area (Å²) in [5.41, 5.74) is 3.36. The third-order valence-electron chi connectivity index (χ3n) is 5.79. The second-order valence-corrected chi connectivity index (χ2v) is 10.8. The predicted molar refractivity (Wildman–Crippen MR) is 147 cm³/mol. The van der Waals surface area contributed by atoms with E-state index in [1.54, 1.807) is 11.5 Å². The Kier molecular flexibility index (Phi) is 7.02. The van der Waals surface area contributed by atoms with E-state index in [4.69, 9.17) is 9.72 Å². The van der Waals surface area contributed by atoms with Crippen LogP contribution in [0.2, 0.25) is 0 Å². The molecule has 36 heavy (non-hydrogen) atoms. The van der Waals surface area contributed by atoms with Crippen molar-refractivity contribution in [3.8, 4) is 16.8 Å². The number of aromatic nitrogens is 2. The van der Waals surface area contributed by atoms with Crippen LogP contribution in [0.5, 0.6) is 0 Å². The molecule has 5 nitrogen and oxygen atoms in total. The van der Waals surface area contributed by atoms with Crippen LogP contribution < -0.4 is 5.56 Å². The first-order chi connectivity index (χ1) is 17.5. The molecule has 0 aliphatic rings. The van der Waals surface area contributed by atoms with Crippen LogP contribution in [0.15, 0.2) is 101 Å². The molecule has 2 aromatic heterocycles. The maximum atomic E-state index is 14.0. The van der Waals surface area contributed by atoms with Crippen molar-refractivity contribution in [3.05, 3.63) is 112 Å². The molecule has 0 amide bonds. The Hall–Kier alpha value is -3.68. The number of thioether (sulfide) groups is 1. The number of benzene rings is 3. The molecule has 0 saturated heterocycles. The van der Waals surface area contributed by atoms with Crippen LogP contribution in [0.4, 0.5) is 0 Å². The fraction of sp³-hybridized carbons (Fsp3) is 0.138. The van der Waals surface area contributed by atoms with Crippen molar-refractivity contribution in [2.24, 2.45) is 0 Å². The van der Waals surface area contributed by atoms with Gasteiger partial charge in [0.1, 0.15) is 16.7 Å². The van der Waals surface area contributed by atoms with Crippen LogP contribution in [0.1, 0.15) is 17.4 Å². The van der Waals surface area contributed by atoms with Crippen molar-refractivity contribution in [2.75, 3.05) is 0 Å². The first-order valence-corrected chi connectivity index (χ1v) is 13.3. The highest BCUT2D eigenvalue weighted by Crippen LogP contribution is 2.37. The van der Waals surface area contributed by atoms with E-state index in [1.807, 2.05) is 97.9 Å². The minimum Gasteiger partial charge on any atom is -0.460 e. The lowest BCUT2D eigenvalue weighted by atomic mass is 10.0. The summed E-state index contributed by atoms with van der Waals surface area (Å²) in [5.74, 6) is -0.356. The largest absolute Gasteiger partial charge is 0.460 e. The van der Waals surface area contributed by atoms with E-state index in [1.165, 1.54) is 23.1 Å². The minimum absolute atomic E-state index is 0.151. The normalized spacial score (nSPS) is 11.9. The molecule has 1 atom stereocenters. The number of hydrogen-bond donors (Lipinski definition) is 0. The van der Waals surface area contributed by atoms with Crippen molar-refractivity contribution in [1.82, 2.24) is 9.55 Å². The minimum atomic E-state index is -0.553. The van der Waals surface area contributed by atoms with Gasteiger partial charge in [0.25, 0.3) is 5.56 Å². The van der Waals surface area contributed by atoms with Crippen LogP contribution in [0, 0.1) is 6.92 Å². The second-order valence-electron chi connectivity index (χ2n) is 8.30. The van der Waals surface area contributed by atoms with E-state index in [0.717, 1.165) is 21.6 Å². The molecule has 5 aromatic rings. The van der Waals surface area contributed by atoms with Crippen molar-refractivity contribution < 1.29 is 9.53 Å². The van der Waals surface area contributed by atoms with E-state index in [9.17, 15) is 9.59 Å². The standard InChI is InChI=1S/C29H24N2O3S2/c1-19-24(22-14-8-4-9-15-22)25-26(35-19)30-29(31(27(25)32)23-16-10-5-11-17-23)36-20(2)28(33)34-18-21-12-6-3-7-13-21/h3-17,20H,18H2,1-2H3. The van der Waals surface area contributed by atoms with Gasteiger partial charge in [0.2, 0.25) is 0 Å². The van der Waals surface area contributed by atoms with Gasteiger partial charge in [0, 0.05) is 10.4 Å². The molecule has 0 saturated carbocycles. The molecule has 7 heteroatoms. The van der Waals surface area contributed by atoms with Crippen LogP contribution in [-0.2, 0) is 16.1 Å². The summed E-state index contributed by atoms with van der Waals surface area (Å²) in [6.07, 6.45) is 0. The van der Waals surface area contributed by atoms with Gasteiger partial charge in [-0.1, -0.05) is 90.6 Å². The number of esters is 1. The number of thiophene rings is 1. The molecular weight excluding hydrogens is 488 g/mol. The lowest BCUT2D eigenvalue weighted by Crippen LogP contribution is -2.24. The predicted octanol–water partition coefficient (Wildman–Crippen LogP) is 6.65. The Morgan fingerprint density at radius 2 is 1.58 bits per heavy atom. The van der Waals surface area contributed by atoms with Crippen molar-refractivity contribution in [2.45, 2.75) is 30.9 Å². The quantitative estimate of drug-likeness (QED) is 0.139. The van der Waals surface area contributed by atoms with Crippen LogP contribution >= 0.6 is 23.1 Å². The van der Waals surface area contributed by atoms with Gasteiger partial charge in [-0.25, -0.2) is 4.98 Å². The van der Waals surface area contributed by atoms with Gasteiger partial charge in [0.15, 0.2) is 5.16 Å². The highest BCUT2D eigenvalue weighted by Gasteiger charge is 2.24. The van der Waals surface area contributed by atoms with E-state index >= 15 is 0 Å². The van der Waals surface area contributed by atoms with Gasteiger partial charge in [0.05, 0.1) is 11.1 Å². The summed E-state index contributed by atoms with van der Waals surface area (Å²) in [4.78, 5) is 33.4. The number of rotatable bonds is 7. The maximum absolute atomic E-state index is 14.0. The fourth-order valence-electron chi connectivity index (χ4n) is 4.03. The summed E-state index contributed by atoms with van der Waals surface area (Å²) in [5, 5.41) is 0.502. The number of carbonyl (C=O) groups is 1. The monoisotopic (exact) mass is 512 g/mol. The highest BCUT2D eigenvalue weighted by molar-refractivity contribution is 8.00. The smallest absolute Gasteiger partial charge is 0.319 e. The SMILES string of the molecule is Cc1sc2nc(SC(C)C(=O)OCc3ccccc3)n(-c3ccccc3)c(=O)c2c1-c1ccccc1. The van der Waals surface area contributed by atoms with E-state index in [2.05, 4.69) is 0 Å². The summed E-state index contributed by atoms with van der Waals surface area (Å²) in [6, 6.07) is 28.9. The first kappa shape index (κ1) is 24.0. The Bertz CT molecular complexity index is 1560. The average Bonchev–Trinajstić information content (AvgIpc) is 3.25. The number of ether oxygens (including phenoxy) is 1. The van der Waals surface area contributed by atoms with Gasteiger partial charge in [-0.15, -0.1) is 11.3 Å². The third kappa shape index (κ3) is 4.85. The number of nitrogens with zero attached hydrogens (tertiary/aromatic N) is 2. The Morgan fingerprint density at radius 3 is 2.25 bits per heavy atom. The molecule has 0 bridgehead atoms. The topological polar surface area (TPSA) is 61.2 Å². The summed E-state index contributed by atoms with van der Waals surface area (Å²) < 4.78 is 7.14. The Morgan fingerprint density at radius 1 is 0.972 bits per heavy atom. The number of hydrogen-bond acceptors (Lipinski definition) is 6. The molecule has 1 unspecified atom stereocenters. The molecule has 0 spiro atoms. The lowest BCUT2D eigenvalue weighted by Gasteiger charge is -2.16. The van der Waals surface area contributed by atoms with Crippen molar-refractivity contribution in [1.29, 1.82) is 0 Å². The van der Waals surface area contributed by atoms with E-state index in [-0.39, 0.29) is 18.1 Å². The van der Waals surface area contributed by atoms with Crippen LogP contribution in [0.3, 0.4) is 0 Å². The van der Waals surface area contributed by atoms with E-state index < -0.39 is 5.25 Å². The molecule has 0 fully saturated rings. The molecule has 0 aliphatic heterocycles. The highest BCUT2D eigenvalue weighted by atomic mass is 32.2. The number of carbonyl (C=O) groups excluding carboxylic acids is 1. The second kappa shape index (κ2) is 10.5. The van der Waals surface area contributed by atoms with Crippen molar-refractivity contribution >= 4 is 39.3 Å². The van der Waals surface area contributed by atoms with E-state index in [0.29, 0.717) is 21.1 Å². The van der Waals surface area contributed by atoms with Gasteiger partial charge in [-0.2, -0.15) is 0 Å². The number of aryl methyl sites for hydroxylation is 1. The molecule has 2 heterocycles. The molecule has 0 aliphatic carbocycles. The molecular formula is C29H24N2O3S2. The van der Waals surface area contributed by atoms with Crippen molar-refractivity contribution in [3.63, 3.8) is 0 Å². The molecule has 0 N–H and O–H groups in total. The Balaban J connectivity index is 1.55. The molecule has 3 aromatic carbocycles. The first-order valence-electron chi connectivity index (χ1n) is 11.6.